The number of aromatic hydroxyl groups is 2. The van der Waals surface area contributed by atoms with Crippen LogP contribution in [0.3, 0.4) is 0 Å². The Hall–Kier alpha value is -5.97. The van der Waals surface area contributed by atoms with E-state index in [-0.39, 0.29) is 62.3 Å². The second-order valence-corrected chi connectivity index (χ2v) is 13.0. The molecule has 0 saturated carbocycles. The van der Waals surface area contributed by atoms with Gasteiger partial charge in [0.2, 0.25) is 5.91 Å². The van der Waals surface area contributed by atoms with Crippen molar-refractivity contribution in [1.29, 1.82) is 0 Å². The Bertz CT molecular complexity index is 2130. The van der Waals surface area contributed by atoms with Crippen molar-refractivity contribution >= 4 is 45.3 Å². The van der Waals surface area contributed by atoms with Crippen molar-refractivity contribution in [3.63, 3.8) is 0 Å². The summed E-state index contributed by atoms with van der Waals surface area (Å²) >= 11 is 0. The van der Waals surface area contributed by atoms with E-state index in [1.165, 1.54) is 17.1 Å². The first kappa shape index (κ1) is 35.8. The number of carbonyl (C=O) groups is 3. The Morgan fingerprint density at radius 3 is 1.60 bits per heavy atom. The number of hydrogen-bond acceptors (Lipinski definition) is 9. The molecular formula is C41H40N2O9. The van der Waals surface area contributed by atoms with Gasteiger partial charge < -0.3 is 24.4 Å². The Morgan fingerprint density at radius 2 is 1.08 bits per heavy atom. The van der Waals surface area contributed by atoms with Crippen molar-refractivity contribution in [1.82, 2.24) is 4.90 Å². The van der Waals surface area contributed by atoms with E-state index in [0.717, 1.165) is 57.8 Å². The molecule has 2 aromatic heterocycles. The zero-order valence-electron chi connectivity index (χ0n) is 28.6. The molecule has 3 heterocycles. The molecule has 0 fully saturated rings. The molecule has 52 heavy (non-hydrogen) atoms. The van der Waals surface area contributed by atoms with E-state index in [9.17, 15) is 34.2 Å². The van der Waals surface area contributed by atoms with E-state index >= 15 is 0 Å². The Morgan fingerprint density at radius 1 is 0.615 bits per heavy atom. The lowest BCUT2D eigenvalue weighted by Crippen LogP contribution is -2.30. The quantitative estimate of drug-likeness (QED) is 0.0544. The summed E-state index contributed by atoms with van der Waals surface area (Å²) in [6.45, 7) is 0.473. The standard InChI is InChI=1S/C41H40N2O9/c44-32(18-8-6-4-2-1-3-5-7-13-25-43-33(45)23-24-34(43)46)42-27-21-19-26(20-22-27)35(36-38(47)28-14-9-11-16-30(28)51-40(36)49)37-39(48)29-15-10-12-17-31(29)52-41(37)50/h9-12,14-17,19-24,35,47-48H,1-8,13,18,25H2,(H,42,44). The van der Waals surface area contributed by atoms with Crippen LogP contribution in [0.2, 0.25) is 0 Å². The van der Waals surface area contributed by atoms with Crippen LogP contribution in [0, 0.1) is 0 Å². The highest BCUT2D eigenvalue weighted by molar-refractivity contribution is 6.12. The first-order valence-electron chi connectivity index (χ1n) is 17.7. The van der Waals surface area contributed by atoms with E-state index in [2.05, 4.69) is 5.32 Å². The van der Waals surface area contributed by atoms with Crippen LogP contribution in [0.4, 0.5) is 5.69 Å². The summed E-state index contributed by atoms with van der Waals surface area (Å²) in [7, 11) is 0. The predicted molar refractivity (Wildman–Crippen MR) is 196 cm³/mol. The van der Waals surface area contributed by atoms with Gasteiger partial charge in [-0.3, -0.25) is 19.3 Å². The number of benzene rings is 3. The number of carbonyl (C=O) groups excluding carboxylic acids is 3. The number of nitrogens with zero attached hydrogens (tertiary/aromatic N) is 1. The lowest BCUT2D eigenvalue weighted by Gasteiger charge is -2.20. The summed E-state index contributed by atoms with van der Waals surface area (Å²) < 4.78 is 11.1. The van der Waals surface area contributed by atoms with E-state index in [1.54, 1.807) is 72.8 Å². The minimum atomic E-state index is -1.27. The maximum atomic E-state index is 13.4. The lowest BCUT2D eigenvalue weighted by molar-refractivity contribution is -0.136. The molecule has 3 amide bonds. The van der Waals surface area contributed by atoms with E-state index < -0.39 is 17.2 Å². The molecule has 0 spiro atoms. The Labute approximate surface area is 299 Å². The molecule has 0 aliphatic carbocycles. The fourth-order valence-corrected chi connectivity index (χ4v) is 6.71. The van der Waals surface area contributed by atoms with E-state index in [1.807, 2.05) is 0 Å². The summed E-state index contributed by atoms with van der Waals surface area (Å²) in [4.78, 5) is 64.0. The maximum Gasteiger partial charge on any atom is 0.344 e. The fourth-order valence-electron chi connectivity index (χ4n) is 6.71. The third kappa shape index (κ3) is 7.99. The molecule has 11 heteroatoms. The van der Waals surface area contributed by atoms with Gasteiger partial charge >= 0.3 is 11.3 Å². The van der Waals surface area contributed by atoms with Crippen LogP contribution in [0.1, 0.15) is 86.8 Å². The number of nitrogens with one attached hydrogen (secondary N) is 1. The molecule has 268 valence electrons. The van der Waals surface area contributed by atoms with Crippen LogP contribution in [0.5, 0.6) is 11.5 Å². The van der Waals surface area contributed by atoms with Gasteiger partial charge in [0.05, 0.1) is 27.8 Å². The van der Waals surface area contributed by atoms with E-state index in [4.69, 9.17) is 8.83 Å². The van der Waals surface area contributed by atoms with Gasteiger partial charge in [-0.2, -0.15) is 0 Å². The van der Waals surface area contributed by atoms with Gasteiger partial charge in [0.1, 0.15) is 22.7 Å². The monoisotopic (exact) mass is 704 g/mol. The van der Waals surface area contributed by atoms with Crippen LogP contribution in [-0.2, 0) is 14.4 Å². The third-order valence-electron chi connectivity index (χ3n) is 9.43. The molecule has 0 saturated heterocycles. The second kappa shape index (κ2) is 16.4. The van der Waals surface area contributed by atoms with Crippen LogP contribution >= 0.6 is 0 Å². The fraction of sp³-hybridized carbons (Fsp3) is 0.293. The smallest absolute Gasteiger partial charge is 0.344 e. The zero-order valence-corrected chi connectivity index (χ0v) is 28.6. The largest absolute Gasteiger partial charge is 0.507 e. The molecule has 11 nitrogen and oxygen atoms in total. The zero-order chi connectivity index (χ0) is 36.6. The van der Waals surface area contributed by atoms with Crippen molar-refractivity contribution in [2.24, 2.45) is 0 Å². The second-order valence-electron chi connectivity index (χ2n) is 13.0. The highest BCUT2D eigenvalue weighted by atomic mass is 16.4. The lowest BCUT2D eigenvalue weighted by atomic mass is 9.84. The average molecular weight is 705 g/mol. The summed E-state index contributed by atoms with van der Waals surface area (Å²) in [6.07, 6.45) is 11.8. The molecular weight excluding hydrogens is 664 g/mol. The number of amides is 3. The molecule has 6 rings (SSSR count). The first-order valence-corrected chi connectivity index (χ1v) is 17.7. The normalized spacial score (nSPS) is 12.8. The van der Waals surface area contributed by atoms with E-state index in [0.29, 0.717) is 24.2 Å². The van der Waals surface area contributed by atoms with Crippen molar-refractivity contribution in [2.75, 3.05) is 11.9 Å². The minimum absolute atomic E-state index is 0.143. The molecule has 3 aromatic carbocycles. The molecule has 1 aliphatic heterocycles. The van der Waals surface area contributed by atoms with Gasteiger partial charge in [-0.25, -0.2) is 9.59 Å². The number of para-hydroxylation sites is 2. The molecule has 5 aromatic rings. The number of unbranched alkanes of at least 4 members (excludes halogenated alkanes) is 8. The third-order valence-corrected chi connectivity index (χ3v) is 9.43. The van der Waals surface area contributed by atoms with Gasteiger partial charge in [-0.1, -0.05) is 81.3 Å². The van der Waals surface area contributed by atoms with Gasteiger partial charge in [0, 0.05) is 30.8 Å². The topological polar surface area (TPSA) is 167 Å². The molecule has 0 radical (unpaired) electrons. The average Bonchev–Trinajstić information content (AvgIpc) is 3.46. The predicted octanol–water partition coefficient (Wildman–Crippen LogP) is 7.26. The number of rotatable bonds is 16. The van der Waals surface area contributed by atoms with Crippen LogP contribution in [-0.4, -0.2) is 39.4 Å². The number of fused-ring (bicyclic) bond motifs is 2. The van der Waals surface area contributed by atoms with Gasteiger partial charge in [-0.05, 0) is 54.8 Å². The highest BCUT2D eigenvalue weighted by Gasteiger charge is 2.32. The van der Waals surface area contributed by atoms with Crippen molar-refractivity contribution in [3.8, 4) is 11.5 Å². The summed E-state index contributed by atoms with van der Waals surface area (Å²) in [5.74, 6) is -2.64. The van der Waals surface area contributed by atoms with Gasteiger partial charge in [-0.15, -0.1) is 0 Å². The van der Waals surface area contributed by atoms with Gasteiger partial charge in [0.15, 0.2) is 0 Å². The molecule has 0 bridgehead atoms. The van der Waals surface area contributed by atoms with Crippen molar-refractivity contribution in [3.05, 3.63) is 122 Å². The van der Waals surface area contributed by atoms with Crippen molar-refractivity contribution < 1.29 is 33.4 Å². The molecule has 1 aliphatic rings. The summed E-state index contributed by atoms with van der Waals surface area (Å²) in [5, 5.41) is 26.2. The van der Waals surface area contributed by atoms with Crippen LogP contribution in [0.25, 0.3) is 21.9 Å². The van der Waals surface area contributed by atoms with Crippen LogP contribution < -0.4 is 16.6 Å². The summed E-state index contributed by atoms with van der Waals surface area (Å²) in [5.41, 5.74) is -1.02. The highest BCUT2D eigenvalue weighted by Crippen LogP contribution is 2.42. The first-order chi connectivity index (χ1) is 25.2. The number of hydrogen-bond donors (Lipinski definition) is 3. The molecule has 0 atom stereocenters. The van der Waals surface area contributed by atoms with Crippen molar-refractivity contribution in [2.45, 2.75) is 70.1 Å². The SMILES string of the molecule is O=C(CCCCCCCCCCCN1C(=O)C=CC1=O)Nc1ccc(C(c2c(O)c3ccccc3oc2=O)c2c(O)c3ccccc3oc2=O)cc1. The Kier molecular flexibility index (Phi) is 11.3. The summed E-state index contributed by atoms with van der Waals surface area (Å²) in [6, 6.07) is 19.4. The van der Waals surface area contributed by atoms with Gasteiger partial charge in [0.25, 0.3) is 11.8 Å². The number of imide groups is 1. The minimum Gasteiger partial charge on any atom is -0.507 e. The maximum absolute atomic E-state index is 13.4. The molecule has 0 unspecified atom stereocenters. The van der Waals surface area contributed by atoms with Crippen LogP contribution in [0.15, 0.2) is 103 Å². The number of anilines is 1. The molecule has 3 N–H and O–H groups in total. The Balaban J connectivity index is 1.06.